The normalized spacial score (nSPS) is 20.1. The van der Waals surface area contributed by atoms with Gasteiger partial charge < -0.3 is 24.8 Å². The summed E-state index contributed by atoms with van der Waals surface area (Å²) >= 11 is 0. The van der Waals surface area contributed by atoms with E-state index in [1.165, 1.54) is 0 Å². The van der Waals surface area contributed by atoms with E-state index in [1.807, 2.05) is 13.0 Å². The summed E-state index contributed by atoms with van der Waals surface area (Å²) in [5, 5.41) is 5.73. The van der Waals surface area contributed by atoms with Crippen molar-refractivity contribution in [2.24, 2.45) is 5.92 Å². The number of likely N-dealkylation sites (tertiary alicyclic amines) is 1. The molecule has 31 heavy (non-hydrogen) atoms. The van der Waals surface area contributed by atoms with Crippen LogP contribution in [0, 0.1) is 5.92 Å². The molecule has 170 valence electrons. The summed E-state index contributed by atoms with van der Waals surface area (Å²) < 4.78 is 16.4. The van der Waals surface area contributed by atoms with Gasteiger partial charge in [0.2, 0.25) is 0 Å². The molecule has 0 saturated carbocycles. The van der Waals surface area contributed by atoms with E-state index in [1.54, 1.807) is 26.2 Å². The maximum absolute atomic E-state index is 13.0. The fourth-order valence-electron chi connectivity index (χ4n) is 4.02. The van der Waals surface area contributed by atoms with E-state index in [-0.39, 0.29) is 12.6 Å². The van der Waals surface area contributed by atoms with Crippen LogP contribution < -0.4 is 20.1 Å². The lowest BCUT2D eigenvalue weighted by Crippen LogP contribution is -2.49. The number of methoxy groups -OCH3 is 1. The fourth-order valence-corrected chi connectivity index (χ4v) is 4.02. The lowest BCUT2D eigenvalue weighted by atomic mass is 9.94. The average molecular weight is 432 g/mol. The first-order valence-corrected chi connectivity index (χ1v) is 11.0. The van der Waals surface area contributed by atoms with Gasteiger partial charge in [-0.1, -0.05) is 13.0 Å². The summed E-state index contributed by atoms with van der Waals surface area (Å²) in [6, 6.07) is 4.44. The van der Waals surface area contributed by atoms with E-state index in [0.29, 0.717) is 41.8 Å². The lowest BCUT2D eigenvalue weighted by molar-refractivity contribution is -0.139. The molecule has 1 aromatic rings. The molecule has 2 aliphatic rings. The van der Waals surface area contributed by atoms with Crippen molar-refractivity contribution >= 4 is 12.0 Å². The van der Waals surface area contributed by atoms with Gasteiger partial charge in [-0.15, -0.1) is 0 Å². The zero-order chi connectivity index (χ0) is 22.4. The number of ether oxygens (including phenoxy) is 3. The van der Waals surface area contributed by atoms with Gasteiger partial charge in [-0.25, -0.2) is 9.59 Å². The van der Waals surface area contributed by atoms with Crippen LogP contribution in [-0.2, 0) is 9.53 Å². The van der Waals surface area contributed by atoms with E-state index < -0.39 is 12.0 Å². The van der Waals surface area contributed by atoms with Crippen LogP contribution in [0.1, 0.15) is 45.2 Å². The number of benzene rings is 1. The van der Waals surface area contributed by atoms with Crippen molar-refractivity contribution < 1.29 is 23.8 Å². The van der Waals surface area contributed by atoms with Gasteiger partial charge in [0, 0.05) is 12.2 Å². The predicted molar refractivity (Wildman–Crippen MR) is 117 cm³/mol. The topological polar surface area (TPSA) is 89.1 Å². The molecule has 2 amide bonds. The minimum atomic E-state index is -0.643. The number of rotatable bonds is 8. The number of piperidine rings is 1. The van der Waals surface area contributed by atoms with E-state index in [0.717, 1.165) is 31.5 Å². The Morgan fingerprint density at radius 2 is 1.90 bits per heavy atom. The molecule has 2 aliphatic heterocycles. The van der Waals surface area contributed by atoms with Crippen LogP contribution in [-0.4, -0.2) is 56.9 Å². The molecular weight excluding hydrogens is 398 g/mol. The molecule has 0 radical (unpaired) electrons. The molecule has 8 nitrogen and oxygen atoms in total. The number of amides is 2. The first-order valence-electron chi connectivity index (χ1n) is 11.0. The standard InChI is InChI=1S/C23H33N3O5/c1-5-30-18-8-7-16(13-19(18)29-4)21-20(22(27)31-6-2)17(24-23(28)25-21)14-26-11-9-15(3)10-12-26/h7-8,13,15,21H,5-6,9-12,14H2,1-4H3,(H2,24,25,28)/t21-/m1/s1. The summed E-state index contributed by atoms with van der Waals surface area (Å²) in [5.74, 6) is 1.41. The van der Waals surface area contributed by atoms with Gasteiger partial charge in [-0.2, -0.15) is 0 Å². The number of esters is 1. The Morgan fingerprint density at radius 3 is 2.55 bits per heavy atom. The van der Waals surface area contributed by atoms with Crippen LogP contribution in [0.2, 0.25) is 0 Å². The van der Waals surface area contributed by atoms with Crippen molar-refractivity contribution in [2.45, 2.75) is 39.7 Å². The Labute approximate surface area is 183 Å². The third kappa shape index (κ3) is 5.50. The number of hydrogen-bond donors (Lipinski definition) is 2. The van der Waals surface area contributed by atoms with Gasteiger partial charge in [0.15, 0.2) is 11.5 Å². The molecule has 0 spiro atoms. The third-order valence-electron chi connectivity index (χ3n) is 5.73. The Morgan fingerprint density at radius 1 is 1.16 bits per heavy atom. The van der Waals surface area contributed by atoms with E-state index in [4.69, 9.17) is 14.2 Å². The highest BCUT2D eigenvalue weighted by atomic mass is 16.5. The average Bonchev–Trinajstić information content (AvgIpc) is 2.75. The van der Waals surface area contributed by atoms with Crippen LogP contribution in [0.25, 0.3) is 0 Å². The van der Waals surface area contributed by atoms with Crippen molar-refractivity contribution in [1.82, 2.24) is 15.5 Å². The Bertz CT molecular complexity index is 831. The summed E-state index contributed by atoms with van der Waals surface area (Å²) in [6.07, 6.45) is 2.21. The summed E-state index contributed by atoms with van der Waals surface area (Å²) in [4.78, 5) is 27.8. The van der Waals surface area contributed by atoms with Crippen LogP contribution in [0.3, 0.4) is 0 Å². The molecule has 2 heterocycles. The van der Waals surface area contributed by atoms with Gasteiger partial charge in [-0.3, -0.25) is 4.90 Å². The first kappa shape index (κ1) is 22.9. The van der Waals surface area contributed by atoms with Crippen LogP contribution >= 0.6 is 0 Å². The molecule has 8 heteroatoms. The minimum Gasteiger partial charge on any atom is -0.493 e. The number of nitrogens with one attached hydrogen (secondary N) is 2. The van der Waals surface area contributed by atoms with E-state index >= 15 is 0 Å². The zero-order valence-corrected chi connectivity index (χ0v) is 18.8. The molecule has 1 aromatic carbocycles. The van der Waals surface area contributed by atoms with Crippen molar-refractivity contribution in [3.63, 3.8) is 0 Å². The maximum Gasteiger partial charge on any atom is 0.338 e. The second-order valence-electron chi connectivity index (χ2n) is 7.95. The zero-order valence-electron chi connectivity index (χ0n) is 18.8. The van der Waals surface area contributed by atoms with Gasteiger partial charge in [0.25, 0.3) is 0 Å². The lowest BCUT2D eigenvalue weighted by Gasteiger charge is -2.34. The summed E-state index contributed by atoms with van der Waals surface area (Å²) in [5.41, 5.74) is 1.74. The molecule has 0 bridgehead atoms. The van der Waals surface area contributed by atoms with Crippen molar-refractivity contribution in [3.8, 4) is 11.5 Å². The van der Waals surface area contributed by atoms with Crippen molar-refractivity contribution in [3.05, 3.63) is 35.0 Å². The molecule has 0 aliphatic carbocycles. The molecule has 1 saturated heterocycles. The van der Waals surface area contributed by atoms with Crippen LogP contribution in [0.4, 0.5) is 4.79 Å². The maximum atomic E-state index is 13.0. The summed E-state index contributed by atoms with van der Waals surface area (Å²) in [7, 11) is 1.56. The SMILES string of the molecule is CCOC(=O)C1=C(CN2CCC(C)CC2)NC(=O)N[C@@H]1c1ccc(OCC)c(OC)c1. The molecule has 3 rings (SSSR count). The van der Waals surface area contributed by atoms with Gasteiger partial charge in [-0.05, 0) is 63.4 Å². The highest BCUT2D eigenvalue weighted by molar-refractivity contribution is 5.95. The second-order valence-corrected chi connectivity index (χ2v) is 7.95. The molecular formula is C23H33N3O5. The second kappa shape index (κ2) is 10.5. The Kier molecular flexibility index (Phi) is 7.79. The highest BCUT2D eigenvalue weighted by Gasteiger charge is 2.35. The quantitative estimate of drug-likeness (QED) is 0.615. The largest absolute Gasteiger partial charge is 0.493 e. The first-order chi connectivity index (χ1) is 15.0. The third-order valence-corrected chi connectivity index (χ3v) is 5.73. The van der Waals surface area contributed by atoms with Crippen LogP contribution in [0.5, 0.6) is 11.5 Å². The number of hydrogen-bond acceptors (Lipinski definition) is 6. The van der Waals surface area contributed by atoms with Crippen molar-refractivity contribution in [1.29, 1.82) is 0 Å². The summed E-state index contributed by atoms with van der Waals surface area (Å²) in [6.45, 7) is 9.05. The Hall–Kier alpha value is -2.74. The molecule has 0 aromatic heterocycles. The van der Waals surface area contributed by atoms with Gasteiger partial charge in [0.05, 0.1) is 31.9 Å². The number of carbonyl (C=O) groups is 2. The molecule has 1 fully saturated rings. The number of urea groups is 1. The molecule has 0 unspecified atom stereocenters. The van der Waals surface area contributed by atoms with Crippen LogP contribution in [0.15, 0.2) is 29.5 Å². The monoisotopic (exact) mass is 431 g/mol. The predicted octanol–water partition coefficient (Wildman–Crippen LogP) is 3.00. The van der Waals surface area contributed by atoms with Gasteiger partial charge >= 0.3 is 12.0 Å². The van der Waals surface area contributed by atoms with Gasteiger partial charge in [0.1, 0.15) is 0 Å². The fraction of sp³-hybridized carbons (Fsp3) is 0.565. The number of nitrogens with zero attached hydrogens (tertiary/aromatic N) is 1. The highest BCUT2D eigenvalue weighted by Crippen LogP contribution is 2.35. The number of carbonyl (C=O) groups excluding carboxylic acids is 2. The van der Waals surface area contributed by atoms with E-state index in [9.17, 15) is 9.59 Å². The Balaban J connectivity index is 1.98. The molecule has 2 N–H and O–H groups in total. The smallest absolute Gasteiger partial charge is 0.338 e. The molecule has 1 atom stereocenters. The van der Waals surface area contributed by atoms with Crippen molar-refractivity contribution in [2.75, 3.05) is 40.0 Å². The van der Waals surface area contributed by atoms with E-state index in [2.05, 4.69) is 22.5 Å². The minimum absolute atomic E-state index is 0.254.